The third-order valence-electron chi connectivity index (χ3n) is 3.50. The Morgan fingerprint density at radius 1 is 1.16 bits per heavy atom. The molecule has 0 spiro atoms. The van der Waals surface area contributed by atoms with Gasteiger partial charge in [-0.3, -0.25) is 0 Å². The third-order valence-corrected chi connectivity index (χ3v) is 3.70. The first kappa shape index (κ1) is 12.6. The van der Waals surface area contributed by atoms with E-state index in [-0.39, 0.29) is 0 Å². The molecule has 98 valence electrons. The molecule has 1 aromatic heterocycles. The normalized spacial score (nSPS) is 21.9. The fraction of sp³-hybridized carbons (Fsp3) is 0.333. The van der Waals surface area contributed by atoms with Gasteiger partial charge in [-0.1, -0.05) is 41.9 Å². The maximum Gasteiger partial charge on any atom is 0.132 e. The molecule has 2 aromatic rings. The van der Waals surface area contributed by atoms with E-state index >= 15 is 0 Å². The Hall–Kier alpha value is -1.45. The van der Waals surface area contributed by atoms with Gasteiger partial charge in [-0.25, -0.2) is 9.97 Å². The van der Waals surface area contributed by atoms with E-state index in [0.717, 1.165) is 18.5 Å². The molecule has 3 nitrogen and oxygen atoms in total. The van der Waals surface area contributed by atoms with Crippen LogP contribution >= 0.6 is 11.6 Å². The number of halogens is 1. The highest BCUT2D eigenvalue weighted by Crippen LogP contribution is 2.38. The summed E-state index contributed by atoms with van der Waals surface area (Å²) in [5.41, 5.74) is 2.25. The summed E-state index contributed by atoms with van der Waals surface area (Å²) in [4.78, 5) is 8.16. The lowest BCUT2D eigenvalue weighted by Gasteiger charge is -2.34. The molecule has 0 N–H and O–H groups in total. The van der Waals surface area contributed by atoms with Crippen LogP contribution in [0.2, 0.25) is 5.15 Å². The van der Waals surface area contributed by atoms with Gasteiger partial charge in [0.2, 0.25) is 0 Å². The first-order valence-electron chi connectivity index (χ1n) is 6.44. The Morgan fingerprint density at radius 2 is 1.95 bits per heavy atom. The van der Waals surface area contributed by atoms with Crippen molar-refractivity contribution < 1.29 is 4.74 Å². The second kappa shape index (κ2) is 5.68. The Bertz CT molecular complexity index is 541. The Labute approximate surface area is 117 Å². The number of aromatic nitrogens is 2. The van der Waals surface area contributed by atoms with Gasteiger partial charge in [0.05, 0.1) is 12.7 Å². The fourth-order valence-electron chi connectivity index (χ4n) is 2.30. The maximum atomic E-state index is 5.87. The minimum atomic E-state index is 0.332. The Balaban J connectivity index is 1.48. The second-order valence-corrected chi connectivity index (χ2v) is 5.24. The standard InChI is InChI=1S/C15H15ClN2O/c16-15-8-14(17-10-18-15)12-6-13(7-12)19-9-11-4-2-1-3-5-11/h1-5,8,10,12-13H,6-7,9H2. The molecule has 0 radical (unpaired) electrons. The van der Waals surface area contributed by atoms with Crippen LogP contribution < -0.4 is 0 Å². The summed E-state index contributed by atoms with van der Waals surface area (Å²) in [5, 5.41) is 0.513. The molecule has 0 bridgehead atoms. The van der Waals surface area contributed by atoms with Gasteiger partial charge in [0.25, 0.3) is 0 Å². The summed E-state index contributed by atoms with van der Waals surface area (Å²) in [5.74, 6) is 0.460. The van der Waals surface area contributed by atoms with Gasteiger partial charge in [0, 0.05) is 11.6 Å². The molecule has 4 heteroatoms. The topological polar surface area (TPSA) is 35.0 Å². The highest BCUT2D eigenvalue weighted by atomic mass is 35.5. The van der Waals surface area contributed by atoms with Crippen LogP contribution in [-0.4, -0.2) is 16.1 Å². The monoisotopic (exact) mass is 274 g/mol. The molecule has 1 aliphatic rings. The lowest BCUT2D eigenvalue weighted by Crippen LogP contribution is -2.30. The number of hydrogen-bond acceptors (Lipinski definition) is 3. The molecule has 0 saturated heterocycles. The molecule has 1 fully saturated rings. The number of benzene rings is 1. The summed E-state index contributed by atoms with van der Waals surface area (Å²) in [6, 6.07) is 12.1. The Morgan fingerprint density at radius 3 is 2.68 bits per heavy atom. The minimum Gasteiger partial charge on any atom is -0.373 e. The van der Waals surface area contributed by atoms with Crippen LogP contribution in [0.3, 0.4) is 0 Å². The molecule has 0 unspecified atom stereocenters. The quantitative estimate of drug-likeness (QED) is 0.799. The van der Waals surface area contributed by atoms with Gasteiger partial charge in [-0.05, 0) is 24.5 Å². The van der Waals surface area contributed by atoms with Crippen molar-refractivity contribution in [1.82, 2.24) is 9.97 Å². The van der Waals surface area contributed by atoms with E-state index in [2.05, 4.69) is 22.1 Å². The Kier molecular flexibility index (Phi) is 3.76. The van der Waals surface area contributed by atoms with Gasteiger partial charge >= 0.3 is 0 Å². The van der Waals surface area contributed by atoms with E-state index in [1.54, 1.807) is 0 Å². The van der Waals surface area contributed by atoms with E-state index in [1.165, 1.54) is 11.9 Å². The van der Waals surface area contributed by atoms with Gasteiger partial charge < -0.3 is 4.74 Å². The van der Waals surface area contributed by atoms with Crippen molar-refractivity contribution in [3.63, 3.8) is 0 Å². The molecule has 0 aliphatic heterocycles. The van der Waals surface area contributed by atoms with E-state index in [0.29, 0.717) is 23.8 Å². The van der Waals surface area contributed by atoms with Crippen LogP contribution in [0.1, 0.15) is 30.0 Å². The van der Waals surface area contributed by atoms with Gasteiger partial charge in [-0.15, -0.1) is 0 Å². The maximum absolute atomic E-state index is 5.87. The molecule has 3 rings (SSSR count). The van der Waals surface area contributed by atoms with Crippen molar-refractivity contribution in [2.24, 2.45) is 0 Å². The average Bonchev–Trinajstić information content (AvgIpc) is 2.38. The molecule has 0 amide bonds. The van der Waals surface area contributed by atoms with E-state index in [4.69, 9.17) is 16.3 Å². The SMILES string of the molecule is Clc1cc(C2CC(OCc3ccccc3)C2)ncn1. The van der Waals surface area contributed by atoms with Crippen molar-refractivity contribution in [2.75, 3.05) is 0 Å². The number of hydrogen-bond donors (Lipinski definition) is 0. The molecule has 19 heavy (non-hydrogen) atoms. The van der Waals surface area contributed by atoms with Crippen molar-refractivity contribution in [1.29, 1.82) is 0 Å². The molecule has 1 aliphatic carbocycles. The van der Waals surface area contributed by atoms with Crippen LogP contribution in [0.5, 0.6) is 0 Å². The largest absolute Gasteiger partial charge is 0.373 e. The molecule has 1 aromatic carbocycles. The van der Waals surface area contributed by atoms with Gasteiger partial charge in [0.15, 0.2) is 0 Å². The summed E-state index contributed by atoms with van der Waals surface area (Å²) in [6.07, 6.45) is 3.88. The summed E-state index contributed by atoms with van der Waals surface area (Å²) in [7, 11) is 0. The van der Waals surface area contributed by atoms with Crippen LogP contribution in [0, 0.1) is 0 Å². The zero-order valence-corrected chi connectivity index (χ0v) is 11.3. The highest BCUT2D eigenvalue weighted by molar-refractivity contribution is 6.29. The second-order valence-electron chi connectivity index (χ2n) is 4.85. The lowest BCUT2D eigenvalue weighted by atomic mass is 9.80. The van der Waals surface area contributed by atoms with E-state index in [9.17, 15) is 0 Å². The van der Waals surface area contributed by atoms with E-state index < -0.39 is 0 Å². The molecule has 0 atom stereocenters. The smallest absolute Gasteiger partial charge is 0.132 e. The first-order chi connectivity index (χ1) is 9.31. The highest BCUT2D eigenvalue weighted by Gasteiger charge is 2.32. The van der Waals surface area contributed by atoms with Crippen LogP contribution in [0.4, 0.5) is 0 Å². The minimum absolute atomic E-state index is 0.332. The zero-order valence-electron chi connectivity index (χ0n) is 10.5. The van der Waals surface area contributed by atoms with Crippen molar-refractivity contribution in [3.8, 4) is 0 Å². The summed E-state index contributed by atoms with van der Waals surface area (Å²) >= 11 is 5.87. The fourth-order valence-corrected chi connectivity index (χ4v) is 2.46. The molecular formula is C15H15ClN2O. The van der Waals surface area contributed by atoms with Gasteiger partial charge in [0.1, 0.15) is 11.5 Å². The lowest BCUT2D eigenvalue weighted by molar-refractivity contribution is -0.0215. The van der Waals surface area contributed by atoms with Crippen molar-refractivity contribution in [2.45, 2.75) is 31.5 Å². The number of nitrogens with zero attached hydrogens (tertiary/aromatic N) is 2. The molecular weight excluding hydrogens is 260 g/mol. The summed E-state index contributed by atoms with van der Waals surface area (Å²) < 4.78 is 5.87. The van der Waals surface area contributed by atoms with Crippen LogP contribution in [0.25, 0.3) is 0 Å². The molecule has 1 saturated carbocycles. The number of rotatable bonds is 4. The zero-order chi connectivity index (χ0) is 13.1. The first-order valence-corrected chi connectivity index (χ1v) is 6.82. The predicted molar refractivity (Wildman–Crippen MR) is 74.0 cm³/mol. The number of ether oxygens (including phenoxy) is 1. The molecule has 1 heterocycles. The van der Waals surface area contributed by atoms with Crippen molar-refractivity contribution in [3.05, 3.63) is 59.1 Å². The van der Waals surface area contributed by atoms with Crippen LogP contribution in [-0.2, 0) is 11.3 Å². The van der Waals surface area contributed by atoms with E-state index in [1.807, 2.05) is 24.3 Å². The predicted octanol–water partition coefficient (Wildman–Crippen LogP) is 3.59. The third kappa shape index (κ3) is 3.11. The van der Waals surface area contributed by atoms with Crippen LogP contribution in [0.15, 0.2) is 42.7 Å². The van der Waals surface area contributed by atoms with Gasteiger partial charge in [-0.2, -0.15) is 0 Å². The average molecular weight is 275 g/mol. The summed E-state index contributed by atoms with van der Waals surface area (Å²) in [6.45, 7) is 0.683. The van der Waals surface area contributed by atoms with Crippen molar-refractivity contribution >= 4 is 11.6 Å².